The first-order valence-electron chi connectivity index (χ1n) is 8.57. The second-order valence-electron chi connectivity index (χ2n) is 6.87. The summed E-state index contributed by atoms with van der Waals surface area (Å²) < 4.78 is 10.9. The van der Waals surface area contributed by atoms with Crippen LogP contribution in [0, 0.1) is 5.41 Å². The Morgan fingerprint density at radius 3 is 2.43 bits per heavy atom. The molecule has 1 unspecified atom stereocenters. The van der Waals surface area contributed by atoms with Gasteiger partial charge in [0, 0.05) is 52.0 Å². The molecular formula is C17H36N2O2. The lowest BCUT2D eigenvalue weighted by atomic mass is 9.79. The number of ether oxygens (including phenoxy) is 2. The van der Waals surface area contributed by atoms with Crippen molar-refractivity contribution >= 4 is 0 Å². The van der Waals surface area contributed by atoms with Crippen molar-refractivity contribution in [1.29, 1.82) is 0 Å². The third-order valence-electron chi connectivity index (χ3n) is 4.77. The fourth-order valence-electron chi connectivity index (χ4n) is 2.97. The molecule has 4 nitrogen and oxygen atoms in total. The first-order chi connectivity index (χ1) is 10.0. The summed E-state index contributed by atoms with van der Waals surface area (Å²) in [5.74, 6) is 0. The van der Waals surface area contributed by atoms with Gasteiger partial charge >= 0.3 is 0 Å². The molecule has 1 fully saturated rings. The van der Waals surface area contributed by atoms with Gasteiger partial charge in [-0.25, -0.2) is 0 Å². The zero-order valence-electron chi connectivity index (χ0n) is 14.8. The number of nitrogens with zero attached hydrogens (tertiary/aromatic N) is 1. The molecule has 0 saturated carbocycles. The Morgan fingerprint density at radius 1 is 1.24 bits per heavy atom. The van der Waals surface area contributed by atoms with Gasteiger partial charge < -0.3 is 14.8 Å². The van der Waals surface area contributed by atoms with Crippen LogP contribution >= 0.6 is 0 Å². The Bertz CT molecular complexity index is 266. The first-order valence-corrected chi connectivity index (χ1v) is 8.57. The summed E-state index contributed by atoms with van der Waals surface area (Å²) in [4.78, 5) is 2.61. The maximum absolute atomic E-state index is 5.61. The summed E-state index contributed by atoms with van der Waals surface area (Å²) in [6, 6.07) is 1.15. The zero-order chi connectivity index (χ0) is 15.7. The SMILES string of the molecule is CCC(C)N(CCOC)CC1(CNC(C)C)CCOCC1. The van der Waals surface area contributed by atoms with Crippen LogP contribution in [0.25, 0.3) is 0 Å². The standard InChI is InChI=1S/C17H36N2O2/c1-6-16(4)19(9-12-20-5)14-17(13-18-15(2)3)7-10-21-11-8-17/h15-16,18H,6-14H2,1-5H3. The topological polar surface area (TPSA) is 33.7 Å². The second-order valence-corrected chi connectivity index (χ2v) is 6.87. The van der Waals surface area contributed by atoms with E-state index in [4.69, 9.17) is 9.47 Å². The lowest BCUT2D eigenvalue weighted by molar-refractivity contribution is -0.0159. The fourth-order valence-corrected chi connectivity index (χ4v) is 2.97. The van der Waals surface area contributed by atoms with Crippen molar-refractivity contribution in [3.8, 4) is 0 Å². The third-order valence-corrected chi connectivity index (χ3v) is 4.77. The highest BCUT2D eigenvalue weighted by atomic mass is 16.5. The van der Waals surface area contributed by atoms with Gasteiger partial charge in [-0.3, -0.25) is 4.90 Å². The van der Waals surface area contributed by atoms with Crippen molar-refractivity contribution < 1.29 is 9.47 Å². The molecular weight excluding hydrogens is 264 g/mol. The molecule has 0 radical (unpaired) electrons. The first kappa shape index (κ1) is 18.9. The van der Waals surface area contributed by atoms with Crippen LogP contribution in [-0.4, -0.2) is 63.5 Å². The van der Waals surface area contributed by atoms with Crippen LogP contribution in [0.4, 0.5) is 0 Å². The lowest BCUT2D eigenvalue weighted by Crippen LogP contribution is -2.51. The summed E-state index contributed by atoms with van der Waals surface area (Å²) >= 11 is 0. The molecule has 1 saturated heterocycles. The van der Waals surface area contributed by atoms with Crippen molar-refractivity contribution in [2.45, 2.75) is 59.0 Å². The minimum Gasteiger partial charge on any atom is -0.383 e. The van der Waals surface area contributed by atoms with E-state index >= 15 is 0 Å². The van der Waals surface area contributed by atoms with Gasteiger partial charge in [0.1, 0.15) is 0 Å². The number of nitrogens with one attached hydrogen (secondary N) is 1. The van der Waals surface area contributed by atoms with E-state index in [0.29, 0.717) is 17.5 Å². The predicted molar refractivity (Wildman–Crippen MR) is 88.8 cm³/mol. The van der Waals surface area contributed by atoms with E-state index < -0.39 is 0 Å². The quantitative estimate of drug-likeness (QED) is 0.672. The number of methoxy groups -OCH3 is 1. The fraction of sp³-hybridized carbons (Fsp3) is 1.00. The van der Waals surface area contributed by atoms with Crippen LogP contribution in [0.2, 0.25) is 0 Å². The highest BCUT2D eigenvalue weighted by Crippen LogP contribution is 2.32. The van der Waals surface area contributed by atoms with Crippen LogP contribution in [0.5, 0.6) is 0 Å². The normalized spacial score (nSPS) is 20.1. The average Bonchev–Trinajstić information content (AvgIpc) is 2.49. The zero-order valence-corrected chi connectivity index (χ0v) is 14.8. The van der Waals surface area contributed by atoms with Gasteiger partial charge in [-0.05, 0) is 31.6 Å². The Labute approximate surface area is 131 Å². The Hall–Kier alpha value is -0.160. The lowest BCUT2D eigenvalue weighted by Gasteiger charge is -2.43. The van der Waals surface area contributed by atoms with Gasteiger partial charge in [-0.2, -0.15) is 0 Å². The van der Waals surface area contributed by atoms with Crippen molar-refractivity contribution in [1.82, 2.24) is 10.2 Å². The average molecular weight is 300 g/mol. The van der Waals surface area contributed by atoms with E-state index in [0.717, 1.165) is 52.3 Å². The summed E-state index contributed by atoms with van der Waals surface area (Å²) in [5, 5.41) is 3.66. The molecule has 0 amide bonds. The smallest absolute Gasteiger partial charge is 0.0589 e. The van der Waals surface area contributed by atoms with Crippen LogP contribution < -0.4 is 5.32 Å². The van der Waals surface area contributed by atoms with Crippen molar-refractivity contribution in [3.63, 3.8) is 0 Å². The highest BCUT2D eigenvalue weighted by molar-refractivity contribution is 4.89. The van der Waals surface area contributed by atoms with Crippen LogP contribution in [0.3, 0.4) is 0 Å². The Kier molecular flexibility index (Phi) is 8.79. The molecule has 1 N–H and O–H groups in total. The van der Waals surface area contributed by atoms with E-state index in [1.807, 2.05) is 0 Å². The minimum absolute atomic E-state index is 0.347. The minimum atomic E-state index is 0.347. The Morgan fingerprint density at radius 2 is 1.90 bits per heavy atom. The molecule has 0 bridgehead atoms. The monoisotopic (exact) mass is 300 g/mol. The summed E-state index contributed by atoms with van der Waals surface area (Å²) in [6.07, 6.45) is 3.51. The van der Waals surface area contributed by atoms with E-state index in [1.54, 1.807) is 7.11 Å². The molecule has 1 atom stereocenters. The summed E-state index contributed by atoms with van der Waals surface area (Å²) in [7, 11) is 1.79. The molecule has 1 rings (SSSR count). The second kappa shape index (κ2) is 9.78. The molecule has 0 spiro atoms. The van der Waals surface area contributed by atoms with Crippen LogP contribution in [-0.2, 0) is 9.47 Å². The van der Waals surface area contributed by atoms with Crippen LogP contribution in [0.15, 0.2) is 0 Å². The maximum atomic E-state index is 5.61. The van der Waals surface area contributed by atoms with Crippen molar-refractivity contribution in [3.05, 3.63) is 0 Å². The molecule has 0 aromatic rings. The summed E-state index contributed by atoms with van der Waals surface area (Å²) in [6.45, 7) is 14.9. The largest absolute Gasteiger partial charge is 0.383 e. The van der Waals surface area contributed by atoms with Crippen molar-refractivity contribution in [2.75, 3.05) is 46.6 Å². The molecule has 0 aromatic carbocycles. The van der Waals surface area contributed by atoms with Crippen molar-refractivity contribution in [2.24, 2.45) is 5.41 Å². The molecule has 0 aromatic heterocycles. The third kappa shape index (κ3) is 6.64. The van der Waals surface area contributed by atoms with Gasteiger partial charge in [-0.15, -0.1) is 0 Å². The van der Waals surface area contributed by atoms with E-state index in [-0.39, 0.29) is 0 Å². The van der Waals surface area contributed by atoms with E-state index in [1.165, 1.54) is 6.42 Å². The molecule has 1 aliphatic rings. The molecule has 0 aliphatic carbocycles. The van der Waals surface area contributed by atoms with Crippen LogP contribution in [0.1, 0.15) is 47.0 Å². The molecule has 1 aliphatic heterocycles. The van der Waals surface area contributed by atoms with E-state index in [9.17, 15) is 0 Å². The highest BCUT2D eigenvalue weighted by Gasteiger charge is 2.35. The van der Waals surface area contributed by atoms with Gasteiger partial charge in [0.2, 0.25) is 0 Å². The molecule has 126 valence electrons. The number of rotatable bonds is 10. The van der Waals surface area contributed by atoms with E-state index in [2.05, 4.69) is 37.9 Å². The summed E-state index contributed by atoms with van der Waals surface area (Å²) in [5.41, 5.74) is 0.347. The van der Waals surface area contributed by atoms with Gasteiger partial charge in [0.25, 0.3) is 0 Å². The number of hydrogen-bond acceptors (Lipinski definition) is 4. The van der Waals surface area contributed by atoms with Gasteiger partial charge in [0.15, 0.2) is 0 Å². The Balaban J connectivity index is 2.70. The van der Waals surface area contributed by atoms with Gasteiger partial charge in [-0.1, -0.05) is 20.8 Å². The maximum Gasteiger partial charge on any atom is 0.0589 e. The molecule has 1 heterocycles. The molecule has 4 heteroatoms. The molecule has 21 heavy (non-hydrogen) atoms. The van der Waals surface area contributed by atoms with Gasteiger partial charge in [0.05, 0.1) is 6.61 Å². The number of hydrogen-bond donors (Lipinski definition) is 1. The predicted octanol–water partition coefficient (Wildman–Crippen LogP) is 2.53.